The Kier molecular flexibility index (Phi) is 14.2. The van der Waals surface area contributed by atoms with Crippen molar-refractivity contribution in [3.05, 3.63) is 12.2 Å². The average Bonchev–Trinajstić information content (AvgIpc) is 2.04. The molecule has 0 bridgehead atoms. The van der Waals surface area contributed by atoms with Gasteiger partial charge < -0.3 is 4.74 Å². The number of rotatable bonds is 3. The maximum atomic E-state index is 5.00. The molecule has 1 heteroatoms. The lowest BCUT2D eigenvalue weighted by molar-refractivity contribution is 0.121. The minimum atomic E-state index is 0.367. The number of methoxy groups -OCH3 is 1. The first-order valence-electron chi connectivity index (χ1n) is 3.95. The van der Waals surface area contributed by atoms with E-state index in [9.17, 15) is 0 Å². The van der Waals surface area contributed by atoms with Gasteiger partial charge in [-0.15, -0.1) is 0 Å². The van der Waals surface area contributed by atoms with Gasteiger partial charge in [0.2, 0.25) is 0 Å². The van der Waals surface area contributed by atoms with E-state index in [4.69, 9.17) is 4.74 Å². The Bertz CT molecular complexity index is 67.1. The van der Waals surface area contributed by atoms with Gasteiger partial charge in [-0.3, -0.25) is 0 Å². The molecule has 0 spiro atoms. The van der Waals surface area contributed by atoms with E-state index in [1.165, 1.54) is 0 Å². The molecule has 0 amide bonds. The lowest BCUT2D eigenvalue weighted by Crippen LogP contribution is -2.01. The van der Waals surface area contributed by atoms with E-state index in [1.54, 1.807) is 7.11 Å². The molecule has 0 rings (SSSR count). The smallest absolute Gasteiger partial charge is 0.0577 e. The summed E-state index contributed by atoms with van der Waals surface area (Å²) in [7, 11) is 1.73. The maximum absolute atomic E-state index is 5.00. The molecule has 0 heterocycles. The summed E-state index contributed by atoms with van der Waals surface area (Å²) in [5, 5.41) is 0. The monoisotopic (exact) mass is 144 g/mol. The fourth-order valence-electron chi connectivity index (χ4n) is 0.424. The largest absolute Gasteiger partial charge is 0.381 e. The molecule has 0 aromatic heterocycles. The fourth-order valence-corrected chi connectivity index (χ4v) is 0.424. The van der Waals surface area contributed by atoms with E-state index in [0.29, 0.717) is 6.10 Å². The van der Waals surface area contributed by atoms with Crippen LogP contribution in [0.1, 0.15) is 34.1 Å². The van der Waals surface area contributed by atoms with Gasteiger partial charge in [0.25, 0.3) is 0 Å². The third-order valence-electron chi connectivity index (χ3n) is 1.11. The van der Waals surface area contributed by atoms with Crippen LogP contribution in [-0.2, 0) is 4.74 Å². The Morgan fingerprint density at radius 2 is 1.90 bits per heavy atom. The standard InChI is InChI=1S/C7H14O.C2H6/c1-4-5-6-7(2)8-3;1-2/h4-5,7H,6H2,1-3H3;1-2H3/b5-4-;. The van der Waals surface area contributed by atoms with Crippen molar-refractivity contribution in [1.29, 1.82) is 0 Å². The Morgan fingerprint density at radius 1 is 1.40 bits per heavy atom. The molecule has 1 unspecified atom stereocenters. The first-order valence-corrected chi connectivity index (χ1v) is 3.95. The van der Waals surface area contributed by atoms with Crippen molar-refractivity contribution in [1.82, 2.24) is 0 Å². The van der Waals surface area contributed by atoms with Crippen LogP contribution in [0.4, 0.5) is 0 Å². The number of hydrogen-bond donors (Lipinski definition) is 0. The van der Waals surface area contributed by atoms with Crippen molar-refractivity contribution in [2.75, 3.05) is 7.11 Å². The molecule has 0 aliphatic rings. The van der Waals surface area contributed by atoms with Gasteiger partial charge in [-0.2, -0.15) is 0 Å². The quantitative estimate of drug-likeness (QED) is 0.553. The lowest BCUT2D eigenvalue weighted by Gasteiger charge is -2.03. The van der Waals surface area contributed by atoms with Gasteiger partial charge in [-0.05, 0) is 20.3 Å². The summed E-state index contributed by atoms with van der Waals surface area (Å²) in [6.07, 6.45) is 5.53. The second kappa shape index (κ2) is 11.5. The Hall–Kier alpha value is -0.300. The molecule has 0 saturated heterocycles. The van der Waals surface area contributed by atoms with Gasteiger partial charge in [-0.1, -0.05) is 26.0 Å². The van der Waals surface area contributed by atoms with Crippen LogP contribution in [0, 0.1) is 0 Å². The minimum Gasteiger partial charge on any atom is -0.381 e. The number of allylic oxidation sites excluding steroid dienone is 1. The Balaban J connectivity index is 0. The van der Waals surface area contributed by atoms with E-state index in [0.717, 1.165) is 6.42 Å². The maximum Gasteiger partial charge on any atom is 0.0577 e. The van der Waals surface area contributed by atoms with Crippen LogP contribution in [0.3, 0.4) is 0 Å². The molecule has 0 N–H and O–H groups in total. The van der Waals surface area contributed by atoms with Gasteiger partial charge in [0.1, 0.15) is 0 Å². The summed E-state index contributed by atoms with van der Waals surface area (Å²) in [5.41, 5.74) is 0. The zero-order valence-electron chi connectivity index (χ0n) is 7.85. The molecule has 0 aliphatic heterocycles. The molecule has 0 saturated carbocycles. The van der Waals surface area contributed by atoms with Crippen molar-refractivity contribution in [3.8, 4) is 0 Å². The highest BCUT2D eigenvalue weighted by molar-refractivity contribution is 4.78. The molecule has 0 aromatic rings. The zero-order valence-corrected chi connectivity index (χ0v) is 7.85. The minimum absolute atomic E-state index is 0.367. The highest BCUT2D eigenvalue weighted by Gasteiger charge is 1.91. The first kappa shape index (κ1) is 12.4. The zero-order chi connectivity index (χ0) is 8.41. The van der Waals surface area contributed by atoms with Crippen molar-refractivity contribution in [3.63, 3.8) is 0 Å². The second-order valence-corrected chi connectivity index (χ2v) is 1.85. The Morgan fingerprint density at radius 3 is 2.20 bits per heavy atom. The summed E-state index contributed by atoms with van der Waals surface area (Å²) in [4.78, 5) is 0. The highest BCUT2D eigenvalue weighted by Crippen LogP contribution is 1.94. The van der Waals surface area contributed by atoms with Crippen molar-refractivity contribution in [2.24, 2.45) is 0 Å². The van der Waals surface area contributed by atoms with Gasteiger partial charge in [0.15, 0.2) is 0 Å². The summed E-state index contributed by atoms with van der Waals surface area (Å²) in [5.74, 6) is 0. The second-order valence-electron chi connectivity index (χ2n) is 1.85. The molecule has 0 radical (unpaired) electrons. The molecule has 1 nitrogen and oxygen atoms in total. The van der Waals surface area contributed by atoms with Gasteiger partial charge in [0.05, 0.1) is 6.10 Å². The summed E-state index contributed by atoms with van der Waals surface area (Å²) in [6, 6.07) is 0. The predicted molar refractivity (Wildman–Crippen MR) is 47.3 cm³/mol. The van der Waals surface area contributed by atoms with Crippen LogP contribution in [0.15, 0.2) is 12.2 Å². The van der Waals surface area contributed by atoms with Crippen LogP contribution in [0.5, 0.6) is 0 Å². The average molecular weight is 144 g/mol. The fraction of sp³-hybridized carbons (Fsp3) is 0.778. The highest BCUT2D eigenvalue weighted by atomic mass is 16.5. The molecule has 0 aromatic carbocycles. The van der Waals surface area contributed by atoms with Crippen LogP contribution in [0.25, 0.3) is 0 Å². The van der Waals surface area contributed by atoms with Crippen molar-refractivity contribution < 1.29 is 4.74 Å². The molecule has 0 fully saturated rings. The van der Waals surface area contributed by atoms with Crippen LogP contribution in [-0.4, -0.2) is 13.2 Å². The molecule has 0 aliphatic carbocycles. The SMILES string of the molecule is C/C=C\CC(C)OC.CC. The number of hydrogen-bond acceptors (Lipinski definition) is 1. The first-order chi connectivity index (χ1) is 4.81. The van der Waals surface area contributed by atoms with Gasteiger partial charge in [0, 0.05) is 7.11 Å². The third kappa shape index (κ3) is 10.6. The number of ether oxygens (including phenoxy) is 1. The van der Waals surface area contributed by atoms with Crippen LogP contribution < -0.4 is 0 Å². The molecular weight excluding hydrogens is 124 g/mol. The van der Waals surface area contributed by atoms with E-state index < -0.39 is 0 Å². The van der Waals surface area contributed by atoms with E-state index in [-0.39, 0.29) is 0 Å². The van der Waals surface area contributed by atoms with E-state index >= 15 is 0 Å². The Labute approximate surface area is 65.1 Å². The van der Waals surface area contributed by atoms with Crippen LogP contribution in [0.2, 0.25) is 0 Å². The molecule has 10 heavy (non-hydrogen) atoms. The molecule has 1 atom stereocenters. The normalized spacial score (nSPS) is 12.5. The summed E-state index contributed by atoms with van der Waals surface area (Å²) < 4.78 is 5.00. The predicted octanol–water partition coefficient (Wildman–Crippen LogP) is 3.01. The molecular formula is C9H20O. The van der Waals surface area contributed by atoms with E-state index in [2.05, 4.69) is 13.0 Å². The van der Waals surface area contributed by atoms with E-state index in [1.807, 2.05) is 26.8 Å². The van der Waals surface area contributed by atoms with Gasteiger partial charge in [-0.25, -0.2) is 0 Å². The van der Waals surface area contributed by atoms with Gasteiger partial charge >= 0.3 is 0 Å². The lowest BCUT2D eigenvalue weighted by atomic mass is 10.3. The summed E-state index contributed by atoms with van der Waals surface area (Å²) >= 11 is 0. The van der Waals surface area contributed by atoms with Crippen LogP contribution >= 0.6 is 0 Å². The third-order valence-corrected chi connectivity index (χ3v) is 1.11. The molecule has 62 valence electrons. The van der Waals surface area contributed by atoms with Crippen molar-refractivity contribution in [2.45, 2.75) is 40.2 Å². The van der Waals surface area contributed by atoms with Crippen molar-refractivity contribution >= 4 is 0 Å². The summed E-state index contributed by atoms with van der Waals surface area (Å²) in [6.45, 7) is 8.07. The topological polar surface area (TPSA) is 9.23 Å².